The maximum absolute atomic E-state index is 12.1. The van der Waals surface area contributed by atoms with Crippen LogP contribution in [0.25, 0.3) is 0 Å². The van der Waals surface area contributed by atoms with Gasteiger partial charge in [0.25, 0.3) is 0 Å². The molecule has 2 aliphatic rings. The van der Waals surface area contributed by atoms with E-state index < -0.39 is 0 Å². The Hall–Kier alpha value is -2.31. The first kappa shape index (κ1) is 14.6. The first-order chi connectivity index (χ1) is 10.5. The Labute approximate surface area is 129 Å². The molecular weight excluding hydrogens is 284 g/mol. The summed E-state index contributed by atoms with van der Waals surface area (Å²) >= 11 is 0. The SMILES string of the molecule is COC(=O)N1CCc2nccc(N3CN(C)C(=O)C3C)c2C1. The standard InChI is InChI=1S/C15H20N4O3/c1-10-14(20)17(2)9-19(10)13-4-6-16-12-5-7-18(8-11(12)13)15(21)22-3/h4,6,10H,5,7-9H2,1-3H3. The van der Waals surface area contributed by atoms with Gasteiger partial charge < -0.3 is 19.4 Å². The monoisotopic (exact) mass is 304 g/mol. The summed E-state index contributed by atoms with van der Waals surface area (Å²) in [6.45, 7) is 3.52. The number of likely N-dealkylation sites (N-methyl/N-ethyl adjacent to an activating group) is 1. The molecule has 1 unspecified atom stereocenters. The van der Waals surface area contributed by atoms with E-state index in [0.717, 1.165) is 16.9 Å². The molecule has 2 aliphatic heterocycles. The Morgan fingerprint density at radius 1 is 1.45 bits per heavy atom. The summed E-state index contributed by atoms with van der Waals surface area (Å²) < 4.78 is 4.82. The summed E-state index contributed by atoms with van der Waals surface area (Å²) in [5.74, 6) is 0.103. The molecular formula is C15H20N4O3. The quantitative estimate of drug-likeness (QED) is 0.769. The number of pyridine rings is 1. The van der Waals surface area contributed by atoms with E-state index in [9.17, 15) is 9.59 Å². The molecule has 7 heteroatoms. The van der Waals surface area contributed by atoms with Gasteiger partial charge in [0.05, 0.1) is 20.3 Å². The van der Waals surface area contributed by atoms with Crippen LogP contribution in [0.5, 0.6) is 0 Å². The third kappa shape index (κ3) is 2.26. The number of hydrogen-bond acceptors (Lipinski definition) is 5. The number of carbonyl (C=O) groups excluding carboxylic acids is 2. The Morgan fingerprint density at radius 3 is 2.86 bits per heavy atom. The average molecular weight is 304 g/mol. The molecule has 0 radical (unpaired) electrons. The van der Waals surface area contributed by atoms with E-state index >= 15 is 0 Å². The second-order valence-electron chi connectivity index (χ2n) is 5.72. The number of hydrogen-bond donors (Lipinski definition) is 0. The fraction of sp³-hybridized carbons (Fsp3) is 0.533. The number of fused-ring (bicyclic) bond motifs is 1. The van der Waals surface area contributed by atoms with E-state index in [1.807, 2.05) is 13.0 Å². The van der Waals surface area contributed by atoms with Crippen molar-refractivity contribution in [2.75, 3.05) is 32.3 Å². The molecule has 0 aliphatic carbocycles. The van der Waals surface area contributed by atoms with Crippen molar-refractivity contribution in [3.63, 3.8) is 0 Å². The van der Waals surface area contributed by atoms with Crippen molar-refractivity contribution in [1.29, 1.82) is 0 Å². The van der Waals surface area contributed by atoms with Crippen molar-refractivity contribution in [1.82, 2.24) is 14.8 Å². The van der Waals surface area contributed by atoms with Gasteiger partial charge in [-0.05, 0) is 13.0 Å². The van der Waals surface area contributed by atoms with Crippen molar-refractivity contribution in [3.8, 4) is 0 Å². The first-order valence-electron chi connectivity index (χ1n) is 7.34. The molecule has 1 aromatic rings. The Balaban J connectivity index is 1.95. The number of ether oxygens (including phenoxy) is 1. The van der Waals surface area contributed by atoms with Crippen LogP contribution in [0.2, 0.25) is 0 Å². The molecule has 3 rings (SSSR count). The molecule has 0 bridgehead atoms. The number of carbonyl (C=O) groups is 2. The molecule has 0 spiro atoms. The van der Waals surface area contributed by atoms with E-state index in [2.05, 4.69) is 9.88 Å². The molecule has 7 nitrogen and oxygen atoms in total. The van der Waals surface area contributed by atoms with Gasteiger partial charge >= 0.3 is 6.09 Å². The fourth-order valence-corrected chi connectivity index (χ4v) is 3.13. The minimum absolute atomic E-state index is 0.103. The van der Waals surface area contributed by atoms with Crippen molar-refractivity contribution in [2.45, 2.75) is 25.9 Å². The van der Waals surface area contributed by atoms with Crippen LogP contribution >= 0.6 is 0 Å². The van der Waals surface area contributed by atoms with E-state index in [4.69, 9.17) is 4.74 Å². The first-order valence-corrected chi connectivity index (χ1v) is 7.34. The van der Waals surface area contributed by atoms with Gasteiger partial charge in [0.2, 0.25) is 5.91 Å². The lowest BCUT2D eigenvalue weighted by atomic mass is 10.0. The topological polar surface area (TPSA) is 66.0 Å². The highest BCUT2D eigenvalue weighted by atomic mass is 16.5. The van der Waals surface area contributed by atoms with Crippen molar-refractivity contribution in [3.05, 3.63) is 23.5 Å². The molecule has 22 heavy (non-hydrogen) atoms. The summed E-state index contributed by atoms with van der Waals surface area (Å²) in [4.78, 5) is 33.7. The zero-order valence-corrected chi connectivity index (χ0v) is 13.1. The third-order valence-electron chi connectivity index (χ3n) is 4.40. The summed E-state index contributed by atoms with van der Waals surface area (Å²) in [6.07, 6.45) is 2.14. The lowest BCUT2D eigenvalue weighted by Crippen LogP contribution is -2.38. The van der Waals surface area contributed by atoms with Crippen molar-refractivity contribution >= 4 is 17.7 Å². The van der Waals surface area contributed by atoms with Crippen LogP contribution in [0.15, 0.2) is 12.3 Å². The predicted molar refractivity (Wildman–Crippen MR) is 80.3 cm³/mol. The van der Waals surface area contributed by atoms with E-state index in [1.165, 1.54) is 7.11 Å². The Morgan fingerprint density at radius 2 is 2.23 bits per heavy atom. The van der Waals surface area contributed by atoms with Crippen molar-refractivity contribution < 1.29 is 14.3 Å². The second kappa shape index (κ2) is 5.47. The molecule has 1 fully saturated rings. The van der Waals surface area contributed by atoms with Crippen LogP contribution in [0.3, 0.4) is 0 Å². The number of rotatable bonds is 1. The van der Waals surface area contributed by atoms with Crippen LogP contribution < -0.4 is 4.90 Å². The van der Waals surface area contributed by atoms with Gasteiger partial charge in [0.1, 0.15) is 6.04 Å². The molecule has 3 heterocycles. The molecule has 0 saturated carbocycles. The number of amides is 2. The predicted octanol–water partition coefficient (Wildman–Crippen LogP) is 0.830. The van der Waals surface area contributed by atoms with Crippen LogP contribution in [-0.2, 0) is 22.5 Å². The Bertz CT molecular complexity index is 619. The van der Waals surface area contributed by atoms with Crippen LogP contribution in [0.1, 0.15) is 18.2 Å². The maximum Gasteiger partial charge on any atom is 0.409 e. The summed E-state index contributed by atoms with van der Waals surface area (Å²) in [7, 11) is 3.19. The Kier molecular flexibility index (Phi) is 3.64. The molecule has 0 aromatic carbocycles. The number of anilines is 1. The maximum atomic E-state index is 12.1. The summed E-state index contributed by atoms with van der Waals surface area (Å²) in [5, 5.41) is 0. The average Bonchev–Trinajstić information content (AvgIpc) is 2.80. The summed E-state index contributed by atoms with van der Waals surface area (Å²) in [5.41, 5.74) is 2.98. The molecule has 1 atom stereocenters. The smallest absolute Gasteiger partial charge is 0.409 e. The largest absolute Gasteiger partial charge is 0.453 e. The molecule has 1 aromatic heterocycles. The van der Waals surface area contributed by atoms with Gasteiger partial charge in [-0.25, -0.2) is 4.79 Å². The van der Waals surface area contributed by atoms with Gasteiger partial charge in [-0.15, -0.1) is 0 Å². The lowest BCUT2D eigenvalue weighted by molar-refractivity contribution is -0.127. The highest BCUT2D eigenvalue weighted by molar-refractivity contribution is 5.88. The van der Waals surface area contributed by atoms with Crippen LogP contribution in [-0.4, -0.2) is 60.2 Å². The minimum Gasteiger partial charge on any atom is -0.453 e. The lowest BCUT2D eigenvalue weighted by Gasteiger charge is -2.32. The van der Waals surface area contributed by atoms with E-state index in [1.54, 1.807) is 23.0 Å². The molecule has 1 saturated heterocycles. The fourth-order valence-electron chi connectivity index (χ4n) is 3.13. The number of nitrogens with zero attached hydrogens (tertiary/aromatic N) is 4. The van der Waals surface area contributed by atoms with E-state index in [0.29, 0.717) is 26.2 Å². The van der Waals surface area contributed by atoms with Crippen molar-refractivity contribution in [2.24, 2.45) is 0 Å². The number of methoxy groups -OCH3 is 1. The van der Waals surface area contributed by atoms with E-state index in [-0.39, 0.29) is 18.0 Å². The van der Waals surface area contributed by atoms with Gasteiger partial charge in [-0.2, -0.15) is 0 Å². The zero-order chi connectivity index (χ0) is 15.9. The van der Waals surface area contributed by atoms with Gasteiger partial charge in [-0.1, -0.05) is 0 Å². The highest BCUT2D eigenvalue weighted by Gasteiger charge is 2.35. The highest BCUT2D eigenvalue weighted by Crippen LogP contribution is 2.31. The molecule has 118 valence electrons. The molecule has 2 amide bonds. The van der Waals surface area contributed by atoms with Crippen LogP contribution in [0, 0.1) is 0 Å². The van der Waals surface area contributed by atoms with Gasteiger partial charge in [0.15, 0.2) is 0 Å². The van der Waals surface area contributed by atoms with Crippen LogP contribution in [0.4, 0.5) is 10.5 Å². The normalized spacial score (nSPS) is 21.1. The minimum atomic E-state index is -0.330. The van der Waals surface area contributed by atoms with Gasteiger partial charge in [-0.3, -0.25) is 9.78 Å². The molecule has 0 N–H and O–H groups in total. The zero-order valence-electron chi connectivity index (χ0n) is 13.1. The third-order valence-corrected chi connectivity index (χ3v) is 4.40. The second-order valence-corrected chi connectivity index (χ2v) is 5.72. The van der Waals surface area contributed by atoms with Gasteiger partial charge in [0, 0.05) is 43.2 Å². The number of aromatic nitrogens is 1. The summed E-state index contributed by atoms with van der Waals surface area (Å²) in [6, 6.07) is 1.72.